The van der Waals surface area contributed by atoms with Crippen molar-refractivity contribution in [3.05, 3.63) is 86.0 Å². The largest absolute Gasteiger partial charge is 0.491 e. The van der Waals surface area contributed by atoms with Crippen LogP contribution < -0.4 is 10.1 Å². The summed E-state index contributed by atoms with van der Waals surface area (Å²) in [5.74, 6) is -0.122. The van der Waals surface area contributed by atoms with Gasteiger partial charge in [0, 0.05) is 20.9 Å². The normalized spacial score (nSPS) is 16.8. The van der Waals surface area contributed by atoms with Crippen LogP contribution in [0, 0.1) is 9.39 Å². The number of aliphatic hydroxyl groups is 2. The van der Waals surface area contributed by atoms with Crippen molar-refractivity contribution in [3.63, 3.8) is 0 Å². The first-order chi connectivity index (χ1) is 18.8. The first-order valence-electron chi connectivity index (χ1n) is 11.9. The third-order valence-electron chi connectivity index (χ3n) is 6.17. The molecule has 4 N–H and O–H groups in total. The molecule has 39 heavy (non-hydrogen) atoms. The number of imide groups is 1. The Kier molecular flexibility index (Phi) is 8.20. The van der Waals surface area contributed by atoms with Crippen molar-refractivity contribution in [3.8, 4) is 17.0 Å². The minimum atomic E-state index is -1.01. The van der Waals surface area contributed by atoms with Crippen LogP contribution in [0.4, 0.5) is 9.18 Å². The lowest BCUT2D eigenvalue weighted by molar-refractivity contribution is -0.129. The Morgan fingerprint density at radius 1 is 1.18 bits per heavy atom. The average molecular weight is 663 g/mol. The van der Waals surface area contributed by atoms with E-state index in [-0.39, 0.29) is 13.0 Å². The van der Waals surface area contributed by atoms with Gasteiger partial charge in [-0.15, -0.1) is 11.3 Å². The molecule has 1 saturated heterocycles. The van der Waals surface area contributed by atoms with Crippen LogP contribution in [0.25, 0.3) is 11.3 Å². The number of urea groups is 1. The monoisotopic (exact) mass is 663 g/mol. The molecule has 10 nitrogen and oxygen atoms in total. The summed E-state index contributed by atoms with van der Waals surface area (Å²) >= 11 is 3.42. The van der Waals surface area contributed by atoms with Crippen LogP contribution in [-0.2, 0) is 11.2 Å². The number of amides is 3. The molecule has 3 atom stereocenters. The fourth-order valence-corrected chi connectivity index (χ4v) is 5.24. The number of imidazole rings is 1. The predicted molar refractivity (Wildman–Crippen MR) is 148 cm³/mol. The van der Waals surface area contributed by atoms with E-state index in [4.69, 9.17) is 9.84 Å². The molecular formula is C26H23FIN5O5S. The molecule has 1 fully saturated rings. The second kappa shape index (κ2) is 11.8. The Labute approximate surface area is 240 Å². The highest BCUT2D eigenvalue weighted by Gasteiger charge is 2.44. The van der Waals surface area contributed by atoms with Crippen LogP contribution in [0.1, 0.15) is 29.2 Å². The van der Waals surface area contributed by atoms with Crippen LogP contribution in [0.2, 0.25) is 0 Å². The fraction of sp³-hybridized carbons (Fsp3) is 0.231. The molecule has 0 saturated carbocycles. The number of aromatic nitrogens is 3. The Morgan fingerprint density at radius 3 is 2.67 bits per heavy atom. The molecule has 1 aliphatic heterocycles. The number of aliphatic hydroxyl groups excluding tert-OH is 2. The van der Waals surface area contributed by atoms with Crippen LogP contribution in [0.3, 0.4) is 0 Å². The maximum atomic E-state index is 14.6. The van der Waals surface area contributed by atoms with Gasteiger partial charge < -0.3 is 25.3 Å². The second-order valence-electron chi connectivity index (χ2n) is 8.81. The number of carbonyl (C=O) groups excluding carboxylic acids is 2. The van der Waals surface area contributed by atoms with Crippen LogP contribution in [0.15, 0.2) is 59.6 Å². The zero-order valence-corrected chi connectivity index (χ0v) is 23.2. The van der Waals surface area contributed by atoms with E-state index in [0.29, 0.717) is 34.1 Å². The number of thiazole rings is 1. The van der Waals surface area contributed by atoms with E-state index in [1.54, 1.807) is 41.9 Å². The maximum Gasteiger partial charge on any atom is 0.325 e. The minimum absolute atomic E-state index is 0.0851. The number of rotatable bonds is 10. The Hall–Kier alpha value is -3.40. The Balaban J connectivity index is 1.41. The van der Waals surface area contributed by atoms with Gasteiger partial charge in [0.2, 0.25) is 0 Å². The Morgan fingerprint density at radius 2 is 1.97 bits per heavy atom. The van der Waals surface area contributed by atoms with Crippen molar-refractivity contribution in [2.45, 2.75) is 24.6 Å². The molecule has 3 amide bonds. The summed E-state index contributed by atoms with van der Waals surface area (Å²) in [7, 11) is 0. The summed E-state index contributed by atoms with van der Waals surface area (Å²) in [4.78, 5) is 39.7. The van der Waals surface area contributed by atoms with E-state index >= 15 is 0 Å². The fourth-order valence-electron chi connectivity index (χ4n) is 4.21. The van der Waals surface area contributed by atoms with Gasteiger partial charge in [0.25, 0.3) is 5.91 Å². The smallest absolute Gasteiger partial charge is 0.325 e. The number of carbonyl (C=O) groups is 2. The van der Waals surface area contributed by atoms with Crippen LogP contribution >= 0.6 is 33.9 Å². The molecule has 0 aliphatic carbocycles. The first-order valence-corrected chi connectivity index (χ1v) is 13.9. The highest BCUT2D eigenvalue weighted by molar-refractivity contribution is 14.1. The third-order valence-corrected chi connectivity index (χ3v) is 7.47. The number of hydrogen-bond acceptors (Lipinski definition) is 8. The number of benzene rings is 2. The van der Waals surface area contributed by atoms with Gasteiger partial charge in [0.05, 0.1) is 29.7 Å². The molecule has 0 bridgehead atoms. The maximum absolute atomic E-state index is 14.6. The number of nitrogens with zero attached hydrogens (tertiary/aromatic N) is 3. The zero-order chi connectivity index (χ0) is 27.5. The van der Waals surface area contributed by atoms with E-state index in [0.717, 1.165) is 8.47 Å². The second-order valence-corrected chi connectivity index (χ2v) is 10.8. The first kappa shape index (κ1) is 27.2. The highest BCUT2D eigenvalue weighted by atomic mass is 127. The Bertz CT molecular complexity index is 1470. The molecule has 5 rings (SSSR count). The number of H-pyrrole nitrogens is 1. The predicted octanol–water partition coefficient (Wildman–Crippen LogP) is 3.59. The molecule has 202 valence electrons. The summed E-state index contributed by atoms with van der Waals surface area (Å²) in [5, 5.41) is 23.0. The molecule has 1 aliphatic rings. The lowest BCUT2D eigenvalue weighted by Crippen LogP contribution is -2.37. The molecule has 13 heteroatoms. The minimum Gasteiger partial charge on any atom is -0.491 e. The third kappa shape index (κ3) is 5.95. The molecule has 3 heterocycles. The van der Waals surface area contributed by atoms with E-state index in [1.165, 1.54) is 23.6 Å². The molecule has 0 unspecified atom stereocenters. The molecule has 0 radical (unpaired) electrons. The topological polar surface area (TPSA) is 141 Å². The van der Waals surface area contributed by atoms with Crippen LogP contribution in [-0.4, -0.2) is 61.3 Å². The van der Waals surface area contributed by atoms with Gasteiger partial charge in [-0.2, -0.15) is 0 Å². The molecule has 2 aromatic carbocycles. The van der Waals surface area contributed by atoms with Gasteiger partial charge in [0.1, 0.15) is 42.2 Å². The lowest BCUT2D eigenvalue weighted by Gasteiger charge is -2.23. The summed E-state index contributed by atoms with van der Waals surface area (Å²) in [6.45, 7) is -0.506. The number of halogens is 2. The van der Waals surface area contributed by atoms with Gasteiger partial charge in [-0.25, -0.2) is 19.2 Å². The summed E-state index contributed by atoms with van der Waals surface area (Å²) in [6, 6.07) is 9.02. The van der Waals surface area contributed by atoms with Crippen molar-refractivity contribution < 1.29 is 28.9 Å². The standard InChI is InChI=1S/C26H23FIN5O5S/c27-20-7-15(28)3-6-19(20)21-9-29-24(31-21)22(8-16-12-39-13-30-16)33-25(36)23(32-26(33)37)14-1-4-18(5-2-14)38-11-17(35)10-34/h1-7,9,12-13,17,22-23,34-35H,8,10-11H2,(H,29,31)(H,32,37)/t17-,22-,23+/m0/s1. The molecule has 4 aromatic rings. The van der Waals surface area contributed by atoms with Gasteiger partial charge in [0.15, 0.2) is 0 Å². The molecule has 2 aromatic heterocycles. The van der Waals surface area contributed by atoms with Gasteiger partial charge in [-0.05, 0) is 58.5 Å². The van der Waals surface area contributed by atoms with Crippen molar-refractivity contribution in [2.24, 2.45) is 0 Å². The van der Waals surface area contributed by atoms with Crippen molar-refractivity contribution in [2.75, 3.05) is 13.2 Å². The summed E-state index contributed by atoms with van der Waals surface area (Å²) < 4.78 is 20.8. The number of nitrogens with one attached hydrogen (secondary N) is 2. The van der Waals surface area contributed by atoms with Crippen molar-refractivity contribution in [1.29, 1.82) is 0 Å². The van der Waals surface area contributed by atoms with Gasteiger partial charge in [-0.1, -0.05) is 12.1 Å². The van der Waals surface area contributed by atoms with Gasteiger partial charge in [-0.3, -0.25) is 9.69 Å². The molecule has 0 spiro atoms. The van der Waals surface area contributed by atoms with Crippen LogP contribution in [0.5, 0.6) is 5.75 Å². The van der Waals surface area contributed by atoms with E-state index in [2.05, 4.69) is 20.3 Å². The zero-order valence-electron chi connectivity index (χ0n) is 20.3. The quantitative estimate of drug-likeness (QED) is 0.150. The average Bonchev–Trinajstić information content (AvgIpc) is 3.68. The van der Waals surface area contributed by atoms with Crippen molar-refractivity contribution in [1.82, 2.24) is 25.2 Å². The van der Waals surface area contributed by atoms with E-state index in [1.807, 2.05) is 28.0 Å². The van der Waals surface area contributed by atoms with Gasteiger partial charge >= 0.3 is 6.03 Å². The molecular weight excluding hydrogens is 640 g/mol. The van der Waals surface area contributed by atoms with E-state index < -0.39 is 42.6 Å². The highest BCUT2D eigenvalue weighted by Crippen LogP contribution is 2.33. The number of aromatic amines is 1. The summed E-state index contributed by atoms with van der Waals surface area (Å²) in [6.07, 6.45) is 0.696. The van der Waals surface area contributed by atoms with Crippen molar-refractivity contribution >= 4 is 45.9 Å². The van der Waals surface area contributed by atoms with E-state index in [9.17, 15) is 19.1 Å². The number of hydrogen-bond donors (Lipinski definition) is 4. The lowest BCUT2D eigenvalue weighted by atomic mass is 10.1. The summed E-state index contributed by atoms with van der Waals surface area (Å²) in [5.41, 5.74) is 3.63. The SMILES string of the molecule is O=C1N[C@H](c2ccc(OC[C@@H](O)CO)cc2)C(=O)N1[C@@H](Cc1cscn1)c1ncc(-c2ccc(I)cc2F)[nH]1. The number of ether oxygens (including phenoxy) is 1.